The third kappa shape index (κ3) is 6.02. The molecule has 0 spiro atoms. The number of nitrogens with one attached hydrogen (secondary N) is 1. The van der Waals surface area contributed by atoms with E-state index in [0.717, 1.165) is 5.56 Å². The Bertz CT molecular complexity index is 731. The van der Waals surface area contributed by atoms with Crippen molar-refractivity contribution in [2.75, 3.05) is 13.7 Å². The Balaban J connectivity index is 1.92. The molecule has 2 atom stereocenters. The van der Waals surface area contributed by atoms with Crippen LogP contribution in [0.15, 0.2) is 48.5 Å². The van der Waals surface area contributed by atoms with Gasteiger partial charge in [-0.3, -0.25) is 5.32 Å². The number of esters is 1. The van der Waals surface area contributed by atoms with Gasteiger partial charge in [-0.2, -0.15) is 0 Å². The van der Waals surface area contributed by atoms with Crippen molar-refractivity contribution in [2.24, 2.45) is 0 Å². The third-order valence-electron chi connectivity index (χ3n) is 3.96. The number of aliphatic hydroxyl groups is 1. The molecule has 2 aromatic carbocycles. The van der Waals surface area contributed by atoms with Crippen LogP contribution >= 0.6 is 11.6 Å². The molecule has 0 aromatic heterocycles. The van der Waals surface area contributed by atoms with Crippen molar-refractivity contribution >= 4 is 17.6 Å². The van der Waals surface area contributed by atoms with Crippen molar-refractivity contribution in [3.05, 3.63) is 64.7 Å². The van der Waals surface area contributed by atoms with Crippen LogP contribution in [-0.4, -0.2) is 30.8 Å². The molecule has 0 saturated heterocycles. The van der Waals surface area contributed by atoms with Crippen LogP contribution in [0.25, 0.3) is 0 Å². The summed E-state index contributed by atoms with van der Waals surface area (Å²) in [6.07, 6.45) is 0.716. The molecule has 0 aliphatic carbocycles. The lowest BCUT2D eigenvalue weighted by Gasteiger charge is -2.29. The first kappa shape index (κ1) is 20.2. The maximum atomic E-state index is 11.1. The Morgan fingerprint density at radius 2 is 1.96 bits per heavy atom. The Morgan fingerprint density at radius 3 is 2.58 bits per heavy atom. The molecule has 26 heavy (non-hydrogen) atoms. The fourth-order valence-electron chi connectivity index (χ4n) is 2.68. The highest BCUT2D eigenvalue weighted by atomic mass is 35.5. The first-order valence-corrected chi connectivity index (χ1v) is 8.72. The van der Waals surface area contributed by atoms with Crippen molar-refractivity contribution in [1.82, 2.24) is 5.32 Å². The van der Waals surface area contributed by atoms with Crippen LogP contribution < -0.4 is 10.1 Å². The second-order valence-electron chi connectivity index (χ2n) is 6.34. The van der Waals surface area contributed by atoms with Gasteiger partial charge in [0, 0.05) is 11.1 Å². The fraction of sp³-hybridized carbons (Fsp3) is 0.350. The fourth-order valence-corrected chi connectivity index (χ4v) is 2.87. The molecule has 0 bridgehead atoms. The summed E-state index contributed by atoms with van der Waals surface area (Å²) in [4.78, 5) is 11.1. The zero-order valence-electron chi connectivity index (χ0n) is 15.2. The van der Waals surface area contributed by atoms with Gasteiger partial charge in [-0.1, -0.05) is 35.9 Å². The van der Waals surface area contributed by atoms with Crippen molar-refractivity contribution in [3.63, 3.8) is 0 Å². The molecular formula is C20H24ClNO4. The molecule has 0 amide bonds. The lowest BCUT2D eigenvalue weighted by Crippen LogP contribution is -2.45. The van der Waals surface area contributed by atoms with Crippen LogP contribution in [0.1, 0.15) is 25.0 Å². The van der Waals surface area contributed by atoms with Gasteiger partial charge in [0.1, 0.15) is 11.5 Å². The maximum Gasteiger partial charge on any atom is 0.343 e. The van der Waals surface area contributed by atoms with E-state index < -0.39 is 11.7 Å². The Kier molecular flexibility index (Phi) is 7.03. The predicted octanol–water partition coefficient (Wildman–Crippen LogP) is 3.28. The van der Waals surface area contributed by atoms with Gasteiger partial charge in [0.2, 0.25) is 0 Å². The SMILES string of the molecule is COC(=O)COc1ccc(C[C@@H](C)N[C@](C)(O)c2cccc(Cl)c2)cc1. The van der Waals surface area contributed by atoms with Crippen LogP contribution in [0.2, 0.25) is 5.02 Å². The van der Waals surface area contributed by atoms with Crippen LogP contribution in [0.4, 0.5) is 0 Å². The Labute approximate surface area is 158 Å². The summed E-state index contributed by atoms with van der Waals surface area (Å²) in [6, 6.07) is 14.6. The summed E-state index contributed by atoms with van der Waals surface area (Å²) < 4.78 is 9.86. The first-order chi connectivity index (χ1) is 12.3. The van der Waals surface area contributed by atoms with Crippen LogP contribution in [0.5, 0.6) is 5.75 Å². The van der Waals surface area contributed by atoms with Crippen molar-refractivity contribution in [3.8, 4) is 5.75 Å². The first-order valence-electron chi connectivity index (χ1n) is 8.35. The number of methoxy groups -OCH3 is 1. The van der Waals surface area contributed by atoms with Crippen LogP contribution in [0.3, 0.4) is 0 Å². The minimum Gasteiger partial charge on any atom is -0.482 e. The second-order valence-corrected chi connectivity index (χ2v) is 6.78. The third-order valence-corrected chi connectivity index (χ3v) is 4.20. The van der Waals surface area contributed by atoms with Crippen molar-refractivity contribution < 1.29 is 19.4 Å². The highest BCUT2D eigenvalue weighted by molar-refractivity contribution is 6.30. The lowest BCUT2D eigenvalue weighted by molar-refractivity contribution is -0.142. The molecule has 2 rings (SSSR count). The summed E-state index contributed by atoms with van der Waals surface area (Å²) in [5, 5.41) is 14.5. The molecule has 0 heterocycles. The highest BCUT2D eigenvalue weighted by Gasteiger charge is 2.25. The topological polar surface area (TPSA) is 67.8 Å². The molecular weight excluding hydrogens is 354 g/mol. The monoisotopic (exact) mass is 377 g/mol. The Hall–Kier alpha value is -2.08. The molecule has 5 nitrogen and oxygen atoms in total. The van der Waals surface area contributed by atoms with Gasteiger partial charge in [-0.25, -0.2) is 4.79 Å². The minimum absolute atomic E-state index is 0.0193. The molecule has 0 saturated carbocycles. The number of benzene rings is 2. The largest absolute Gasteiger partial charge is 0.482 e. The zero-order valence-corrected chi connectivity index (χ0v) is 15.9. The van der Waals surface area contributed by atoms with E-state index in [1.54, 1.807) is 31.2 Å². The average Bonchev–Trinajstić information content (AvgIpc) is 2.60. The van der Waals surface area contributed by atoms with E-state index >= 15 is 0 Å². The summed E-state index contributed by atoms with van der Waals surface area (Å²) in [7, 11) is 1.32. The minimum atomic E-state index is -1.19. The number of ether oxygens (including phenoxy) is 2. The zero-order chi connectivity index (χ0) is 19.2. The summed E-state index contributed by atoms with van der Waals surface area (Å²) >= 11 is 6.01. The summed E-state index contributed by atoms with van der Waals surface area (Å²) in [5.41, 5.74) is 0.606. The molecule has 0 aliphatic rings. The normalized spacial score (nSPS) is 14.3. The molecule has 6 heteroatoms. The molecule has 0 radical (unpaired) electrons. The van der Waals surface area contributed by atoms with E-state index in [2.05, 4.69) is 10.1 Å². The lowest BCUT2D eigenvalue weighted by atomic mass is 10.0. The van der Waals surface area contributed by atoms with Gasteiger partial charge >= 0.3 is 5.97 Å². The van der Waals surface area contributed by atoms with Gasteiger partial charge in [0.15, 0.2) is 6.61 Å². The van der Waals surface area contributed by atoms with Gasteiger partial charge < -0.3 is 14.6 Å². The number of halogens is 1. The molecule has 2 aromatic rings. The van der Waals surface area contributed by atoms with E-state index in [4.69, 9.17) is 16.3 Å². The van der Waals surface area contributed by atoms with E-state index in [9.17, 15) is 9.90 Å². The van der Waals surface area contributed by atoms with Gasteiger partial charge in [-0.05, 0) is 55.7 Å². The van der Waals surface area contributed by atoms with Crippen LogP contribution in [0, 0.1) is 0 Å². The second kappa shape index (κ2) is 9.03. The van der Waals surface area contributed by atoms with E-state index in [-0.39, 0.29) is 12.6 Å². The maximum absolute atomic E-state index is 11.1. The quantitative estimate of drug-likeness (QED) is 0.546. The number of hydrogen-bond donors (Lipinski definition) is 2. The smallest absolute Gasteiger partial charge is 0.343 e. The Morgan fingerprint density at radius 1 is 1.27 bits per heavy atom. The van der Waals surface area contributed by atoms with E-state index in [1.165, 1.54) is 7.11 Å². The number of carbonyl (C=O) groups excluding carboxylic acids is 1. The van der Waals surface area contributed by atoms with Gasteiger partial charge in [-0.15, -0.1) is 0 Å². The molecule has 0 fully saturated rings. The van der Waals surface area contributed by atoms with Gasteiger partial charge in [0.05, 0.1) is 7.11 Å². The van der Waals surface area contributed by atoms with E-state index in [0.29, 0.717) is 22.8 Å². The van der Waals surface area contributed by atoms with E-state index in [1.807, 2.05) is 31.2 Å². The summed E-state index contributed by atoms with van der Waals surface area (Å²) in [6.45, 7) is 3.59. The van der Waals surface area contributed by atoms with Crippen molar-refractivity contribution in [1.29, 1.82) is 0 Å². The van der Waals surface area contributed by atoms with Crippen LogP contribution in [-0.2, 0) is 21.7 Å². The van der Waals surface area contributed by atoms with Gasteiger partial charge in [0.25, 0.3) is 0 Å². The number of hydrogen-bond acceptors (Lipinski definition) is 5. The number of carbonyl (C=O) groups is 1. The van der Waals surface area contributed by atoms with Crippen molar-refractivity contribution in [2.45, 2.75) is 32.0 Å². The molecule has 2 N–H and O–H groups in total. The standard InChI is InChI=1S/C20H24ClNO4/c1-14(22-20(2,24)16-5-4-6-17(21)12-16)11-15-7-9-18(10-8-15)26-13-19(23)25-3/h4-10,12,14,22,24H,11,13H2,1-3H3/t14-,20-/m1/s1. The highest BCUT2D eigenvalue weighted by Crippen LogP contribution is 2.22. The summed E-state index contributed by atoms with van der Waals surface area (Å²) in [5.74, 6) is 0.181. The predicted molar refractivity (Wildman–Crippen MR) is 101 cm³/mol. The average molecular weight is 378 g/mol. The molecule has 0 aliphatic heterocycles. The molecule has 0 unspecified atom stereocenters. The molecule has 140 valence electrons. The number of rotatable bonds is 8.